The van der Waals surface area contributed by atoms with Crippen LogP contribution in [-0.2, 0) is 0 Å². The van der Waals surface area contributed by atoms with Crippen molar-refractivity contribution in [3.63, 3.8) is 0 Å². The van der Waals surface area contributed by atoms with Gasteiger partial charge in [-0.25, -0.2) is 0 Å². The SMILES string of the molecule is Cc1cc(N)cc(N2CCC(C(C)(C)C)CC2)c1. The molecule has 1 saturated heterocycles. The van der Waals surface area contributed by atoms with Crippen LogP contribution in [0.3, 0.4) is 0 Å². The van der Waals surface area contributed by atoms with E-state index in [1.54, 1.807) is 0 Å². The fourth-order valence-corrected chi connectivity index (χ4v) is 2.98. The summed E-state index contributed by atoms with van der Waals surface area (Å²) in [5.74, 6) is 0.843. The first-order valence-electron chi connectivity index (χ1n) is 6.98. The lowest BCUT2D eigenvalue weighted by Crippen LogP contribution is -2.38. The van der Waals surface area contributed by atoms with Crippen LogP contribution in [0, 0.1) is 18.3 Å². The van der Waals surface area contributed by atoms with Crippen molar-refractivity contribution in [1.29, 1.82) is 0 Å². The summed E-state index contributed by atoms with van der Waals surface area (Å²) in [6.07, 6.45) is 2.58. The largest absolute Gasteiger partial charge is 0.399 e. The van der Waals surface area contributed by atoms with Crippen LogP contribution in [-0.4, -0.2) is 13.1 Å². The summed E-state index contributed by atoms with van der Waals surface area (Å²) in [6.45, 7) is 11.5. The average molecular weight is 246 g/mol. The highest BCUT2D eigenvalue weighted by Crippen LogP contribution is 2.35. The van der Waals surface area contributed by atoms with Crippen molar-refractivity contribution in [2.45, 2.75) is 40.5 Å². The highest BCUT2D eigenvalue weighted by atomic mass is 15.1. The number of piperidine rings is 1. The fourth-order valence-electron chi connectivity index (χ4n) is 2.98. The predicted octanol–water partition coefficient (Wildman–Crippen LogP) is 3.84. The Kier molecular flexibility index (Phi) is 3.56. The van der Waals surface area contributed by atoms with Crippen LogP contribution in [0.1, 0.15) is 39.2 Å². The van der Waals surface area contributed by atoms with E-state index in [4.69, 9.17) is 5.73 Å². The predicted molar refractivity (Wildman–Crippen MR) is 80.0 cm³/mol. The van der Waals surface area contributed by atoms with Gasteiger partial charge in [-0.3, -0.25) is 0 Å². The van der Waals surface area contributed by atoms with Crippen LogP contribution >= 0.6 is 0 Å². The van der Waals surface area contributed by atoms with E-state index in [1.807, 2.05) is 6.07 Å². The van der Waals surface area contributed by atoms with Gasteiger partial charge in [0.15, 0.2) is 0 Å². The van der Waals surface area contributed by atoms with Crippen LogP contribution in [0.5, 0.6) is 0 Å². The number of hydrogen-bond acceptors (Lipinski definition) is 2. The molecule has 1 heterocycles. The maximum absolute atomic E-state index is 5.94. The topological polar surface area (TPSA) is 29.3 Å². The van der Waals surface area contributed by atoms with Gasteiger partial charge in [-0.15, -0.1) is 0 Å². The van der Waals surface area contributed by atoms with Crippen LogP contribution in [0.25, 0.3) is 0 Å². The van der Waals surface area contributed by atoms with Gasteiger partial charge >= 0.3 is 0 Å². The third-order valence-corrected chi connectivity index (χ3v) is 4.17. The molecule has 2 heteroatoms. The van der Waals surface area contributed by atoms with Crippen LogP contribution < -0.4 is 10.6 Å². The summed E-state index contributed by atoms with van der Waals surface area (Å²) in [5, 5.41) is 0. The molecule has 0 aliphatic carbocycles. The summed E-state index contributed by atoms with van der Waals surface area (Å²) in [7, 11) is 0. The van der Waals surface area contributed by atoms with Gasteiger partial charge in [-0.1, -0.05) is 20.8 Å². The lowest BCUT2D eigenvalue weighted by Gasteiger charge is -2.39. The molecule has 0 saturated carbocycles. The smallest absolute Gasteiger partial charge is 0.0389 e. The van der Waals surface area contributed by atoms with E-state index in [-0.39, 0.29) is 0 Å². The Bertz CT molecular complexity index is 389. The molecule has 0 atom stereocenters. The van der Waals surface area contributed by atoms with Crippen LogP contribution in [0.2, 0.25) is 0 Å². The van der Waals surface area contributed by atoms with E-state index in [0.717, 1.165) is 24.7 Å². The zero-order valence-electron chi connectivity index (χ0n) is 12.2. The van der Waals surface area contributed by atoms with Gasteiger partial charge in [-0.2, -0.15) is 0 Å². The minimum atomic E-state index is 0.442. The summed E-state index contributed by atoms with van der Waals surface area (Å²) < 4.78 is 0. The number of anilines is 2. The van der Waals surface area contributed by atoms with Gasteiger partial charge in [0, 0.05) is 24.5 Å². The second kappa shape index (κ2) is 4.83. The molecule has 0 amide bonds. The van der Waals surface area contributed by atoms with Crippen molar-refractivity contribution in [2.24, 2.45) is 11.3 Å². The normalized spacial score (nSPS) is 18.1. The lowest BCUT2D eigenvalue weighted by molar-refractivity contribution is 0.199. The first-order chi connectivity index (χ1) is 8.36. The zero-order chi connectivity index (χ0) is 13.3. The Morgan fingerprint density at radius 3 is 2.22 bits per heavy atom. The van der Waals surface area contributed by atoms with Gasteiger partial charge in [0.2, 0.25) is 0 Å². The van der Waals surface area contributed by atoms with Crippen molar-refractivity contribution in [1.82, 2.24) is 0 Å². The maximum atomic E-state index is 5.94. The number of nitrogens with two attached hydrogens (primary N) is 1. The number of aryl methyl sites for hydroxylation is 1. The highest BCUT2D eigenvalue weighted by Gasteiger charge is 2.28. The summed E-state index contributed by atoms with van der Waals surface area (Å²) in [6, 6.07) is 6.38. The molecule has 1 aliphatic rings. The Morgan fingerprint density at radius 1 is 1.11 bits per heavy atom. The molecule has 1 fully saturated rings. The first-order valence-corrected chi connectivity index (χ1v) is 6.98. The monoisotopic (exact) mass is 246 g/mol. The Hall–Kier alpha value is -1.18. The number of nitrogen functional groups attached to an aromatic ring is 1. The molecule has 18 heavy (non-hydrogen) atoms. The number of nitrogens with zero attached hydrogens (tertiary/aromatic N) is 1. The average Bonchev–Trinajstić information content (AvgIpc) is 2.27. The quantitative estimate of drug-likeness (QED) is 0.763. The molecule has 1 aromatic rings. The van der Waals surface area contributed by atoms with Crippen LogP contribution in [0.4, 0.5) is 11.4 Å². The van der Waals surface area contributed by atoms with Gasteiger partial charge in [0.05, 0.1) is 0 Å². The van der Waals surface area contributed by atoms with Gasteiger partial charge in [-0.05, 0) is 54.9 Å². The van der Waals surface area contributed by atoms with Crippen molar-refractivity contribution in [2.75, 3.05) is 23.7 Å². The summed E-state index contributed by atoms with van der Waals surface area (Å²) >= 11 is 0. The van der Waals surface area contributed by atoms with Crippen molar-refractivity contribution in [3.8, 4) is 0 Å². The van der Waals surface area contributed by atoms with Gasteiger partial charge in [0.1, 0.15) is 0 Å². The van der Waals surface area contributed by atoms with E-state index >= 15 is 0 Å². The third kappa shape index (κ3) is 2.98. The van der Waals surface area contributed by atoms with Gasteiger partial charge < -0.3 is 10.6 Å². The molecule has 2 rings (SSSR count). The van der Waals surface area contributed by atoms with E-state index in [2.05, 4.69) is 44.7 Å². The molecular formula is C16H26N2. The Morgan fingerprint density at radius 2 is 1.72 bits per heavy atom. The minimum absolute atomic E-state index is 0.442. The zero-order valence-corrected chi connectivity index (χ0v) is 12.2. The molecule has 0 bridgehead atoms. The highest BCUT2D eigenvalue weighted by molar-refractivity contribution is 5.58. The molecule has 100 valence electrons. The molecular weight excluding hydrogens is 220 g/mol. The molecule has 2 N–H and O–H groups in total. The Balaban J connectivity index is 2.05. The first kappa shape index (κ1) is 13.3. The van der Waals surface area contributed by atoms with E-state index in [1.165, 1.54) is 24.1 Å². The number of benzene rings is 1. The van der Waals surface area contributed by atoms with E-state index in [9.17, 15) is 0 Å². The van der Waals surface area contributed by atoms with Crippen molar-refractivity contribution < 1.29 is 0 Å². The molecule has 0 radical (unpaired) electrons. The molecule has 2 nitrogen and oxygen atoms in total. The number of hydrogen-bond donors (Lipinski definition) is 1. The van der Waals surface area contributed by atoms with Crippen molar-refractivity contribution in [3.05, 3.63) is 23.8 Å². The fraction of sp³-hybridized carbons (Fsp3) is 0.625. The Labute approximate surface area is 111 Å². The molecule has 1 aliphatic heterocycles. The number of rotatable bonds is 1. The van der Waals surface area contributed by atoms with Crippen LogP contribution in [0.15, 0.2) is 18.2 Å². The third-order valence-electron chi connectivity index (χ3n) is 4.17. The molecule has 1 aromatic carbocycles. The minimum Gasteiger partial charge on any atom is -0.399 e. The standard InChI is InChI=1S/C16H26N2/c1-12-9-14(17)11-15(10-12)18-7-5-13(6-8-18)16(2,3)4/h9-11,13H,5-8,17H2,1-4H3. The molecule has 0 spiro atoms. The molecule has 0 aromatic heterocycles. The van der Waals surface area contributed by atoms with E-state index < -0.39 is 0 Å². The van der Waals surface area contributed by atoms with Gasteiger partial charge in [0.25, 0.3) is 0 Å². The summed E-state index contributed by atoms with van der Waals surface area (Å²) in [4.78, 5) is 2.48. The van der Waals surface area contributed by atoms with E-state index in [0.29, 0.717) is 5.41 Å². The van der Waals surface area contributed by atoms with Crippen molar-refractivity contribution >= 4 is 11.4 Å². The summed E-state index contributed by atoms with van der Waals surface area (Å²) in [5.41, 5.74) is 9.80. The second-order valence-corrected chi connectivity index (χ2v) is 6.73. The lowest BCUT2D eigenvalue weighted by atomic mass is 9.75. The second-order valence-electron chi connectivity index (χ2n) is 6.73. The maximum Gasteiger partial charge on any atom is 0.0389 e. The molecule has 0 unspecified atom stereocenters.